The summed E-state index contributed by atoms with van der Waals surface area (Å²) in [5, 5.41) is 5.13. The largest absolute Gasteiger partial charge is 0.493 e. The molecule has 0 fully saturated rings. The highest BCUT2D eigenvalue weighted by atomic mass is 32.1. The van der Waals surface area contributed by atoms with Crippen LogP contribution in [-0.4, -0.2) is 42.7 Å². The Hall–Kier alpha value is -4.05. The normalized spacial score (nSPS) is 12.5. The van der Waals surface area contributed by atoms with E-state index in [0.717, 1.165) is 27.2 Å². The molecule has 174 valence electrons. The first-order valence-electron chi connectivity index (χ1n) is 10.4. The number of carbonyl (C=O) groups excluding carboxylic acids is 1. The maximum atomic E-state index is 13.2. The molecule has 4 heterocycles. The van der Waals surface area contributed by atoms with Crippen LogP contribution in [-0.2, 0) is 0 Å². The molecule has 0 bridgehead atoms. The number of pyridine rings is 1. The van der Waals surface area contributed by atoms with Gasteiger partial charge in [0.2, 0.25) is 18.3 Å². The zero-order valence-electron chi connectivity index (χ0n) is 19.0. The molecule has 34 heavy (non-hydrogen) atoms. The predicted octanol–water partition coefficient (Wildman–Crippen LogP) is 4.21. The van der Waals surface area contributed by atoms with Gasteiger partial charge in [0.25, 0.3) is 5.91 Å². The third-order valence-electron chi connectivity index (χ3n) is 5.42. The number of fused-ring (bicyclic) bond motifs is 2. The van der Waals surface area contributed by atoms with Crippen LogP contribution in [0.15, 0.2) is 41.8 Å². The molecule has 0 unspecified atom stereocenters. The highest BCUT2D eigenvalue weighted by molar-refractivity contribution is 7.21. The summed E-state index contributed by atoms with van der Waals surface area (Å²) in [6, 6.07) is 7.56. The smallest absolute Gasteiger partial charge is 0.283 e. The number of carbonyl (C=O) groups is 1. The van der Waals surface area contributed by atoms with Crippen molar-refractivity contribution in [1.29, 1.82) is 0 Å². The van der Waals surface area contributed by atoms with Crippen LogP contribution < -0.4 is 24.4 Å². The summed E-state index contributed by atoms with van der Waals surface area (Å²) >= 11 is 1.34. The molecule has 10 heteroatoms. The summed E-state index contributed by atoms with van der Waals surface area (Å²) < 4.78 is 23.8. The maximum absolute atomic E-state index is 13.2. The third kappa shape index (κ3) is 3.61. The zero-order valence-corrected chi connectivity index (χ0v) is 19.9. The number of aryl methyl sites for hydroxylation is 2. The molecular formula is C24H22N4O5S. The van der Waals surface area contributed by atoms with Crippen molar-refractivity contribution in [3.8, 4) is 28.7 Å². The molecule has 3 aromatic heterocycles. The van der Waals surface area contributed by atoms with Gasteiger partial charge in [-0.3, -0.25) is 4.79 Å². The van der Waals surface area contributed by atoms with E-state index in [4.69, 9.17) is 18.9 Å². The van der Waals surface area contributed by atoms with Crippen LogP contribution in [0.5, 0.6) is 23.0 Å². The molecule has 5 rings (SSSR count). The van der Waals surface area contributed by atoms with Gasteiger partial charge in [0, 0.05) is 29.0 Å². The lowest BCUT2D eigenvalue weighted by atomic mass is 10.1. The van der Waals surface area contributed by atoms with Gasteiger partial charge < -0.3 is 23.5 Å². The van der Waals surface area contributed by atoms with E-state index in [2.05, 4.69) is 15.5 Å². The van der Waals surface area contributed by atoms with Crippen molar-refractivity contribution in [1.82, 2.24) is 15.0 Å². The fraction of sp³-hybridized carbons (Fsp3) is 0.208. The minimum absolute atomic E-state index is 0.0699. The first-order valence-corrected chi connectivity index (χ1v) is 11.3. The number of hydrogen-bond acceptors (Lipinski definition) is 8. The minimum atomic E-state index is -0.341. The molecule has 0 saturated carbocycles. The molecule has 1 aliphatic rings. The SMILES string of the molecule is COc1cc(/C=N\NC(=O)c2sc3nc(C)cc(C)c3c2-n2cccc2)c(OC)c2c1OCO2. The average Bonchev–Trinajstić information content (AvgIpc) is 3.57. The van der Waals surface area contributed by atoms with Gasteiger partial charge in [0.1, 0.15) is 9.71 Å². The van der Waals surface area contributed by atoms with Crippen LogP contribution in [0.25, 0.3) is 15.9 Å². The van der Waals surface area contributed by atoms with E-state index in [1.54, 1.807) is 6.07 Å². The molecule has 0 aliphatic carbocycles. The number of benzene rings is 1. The van der Waals surface area contributed by atoms with Gasteiger partial charge in [0.05, 0.1) is 26.1 Å². The Labute approximate surface area is 199 Å². The molecule has 1 amide bonds. The van der Waals surface area contributed by atoms with Crippen LogP contribution in [0, 0.1) is 13.8 Å². The monoisotopic (exact) mass is 478 g/mol. The Morgan fingerprint density at radius 2 is 1.94 bits per heavy atom. The fourth-order valence-electron chi connectivity index (χ4n) is 4.01. The van der Waals surface area contributed by atoms with Gasteiger partial charge in [-0.05, 0) is 43.7 Å². The fourth-order valence-corrected chi connectivity index (χ4v) is 5.19. The van der Waals surface area contributed by atoms with Crippen molar-refractivity contribution >= 4 is 33.7 Å². The highest BCUT2D eigenvalue weighted by Crippen LogP contribution is 2.49. The Kier molecular flexibility index (Phi) is 5.58. The lowest BCUT2D eigenvalue weighted by Crippen LogP contribution is -2.18. The third-order valence-corrected chi connectivity index (χ3v) is 6.49. The molecule has 0 radical (unpaired) electrons. The Bertz CT molecular complexity index is 1430. The molecule has 0 spiro atoms. The summed E-state index contributed by atoms with van der Waals surface area (Å²) in [5.74, 6) is 1.49. The van der Waals surface area contributed by atoms with Gasteiger partial charge in [-0.1, -0.05) is 0 Å². The number of nitrogens with one attached hydrogen (secondary N) is 1. The standard InChI is InChI=1S/C24H22N4O5S/c1-13-9-14(2)26-24-17(13)18(28-7-5-6-8-28)22(34-24)23(29)27-25-11-15-10-16(30-3)20-21(19(15)31-4)33-12-32-20/h5-11H,12H2,1-4H3,(H,27,29)/b25-11-. The molecular weight excluding hydrogens is 456 g/mol. The summed E-state index contributed by atoms with van der Waals surface area (Å²) in [6.07, 6.45) is 5.30. The minimum Gasteiger partial charge on any atom is -0.493 e. The summed E-state index contributed by atoms with van der Waals surface area (Å²) in [6.45, 7) is 4.04. The molecule has 1 aliphatic heterocycles. The number of amides is 1. The predicted molar refractivity (Wildman–Crippen MR) is 129 cm³/mol. The average molecular weight is 479 g/mol. The van der Waals surface area contributed by atoms with Gasteiger partial charge in [-0.2, -0.15) is 5.10 Å². The number of rotatable bonds is 6. The first-order chi connectivity index (χ1) is 16.5. The Balaban J connectivity index is 1.50. The van der Waals surface area contributed by atoms with E-state index in [0.29, 0.717) is 33.4 Å². The maximum Gasteiger partial charge on any atom is 0.283 e. The number of ether oxygens (including phenoxy) is 4. The molecule has 0 saturated heterocycles. The first kappa shape index (κ1) is 21.8. The number of methoxy groups -OCH3 is 2. The summed E-state index contributed by atoms with van der Waals surface area (Å²) in [5.41, 5.74) is 5.94. The van der Waals surface area contributed by atoms with E-state index in [-0.39, 0.29) is 12.7 Å². The lowest BCUT2D eigenvalue weighted by Gasteiger charge is -2.11. The van der Waals surface area contributed by atoms with Crippen molar-refractivity contribution in [2.24, 2.45) is 5.10 Å². The van der Waals surface area contributed by atoms with Crippen molar-refractivity contribution in [2.75, 3.05) is 21.0 Å². The van der Waals surface area contributed by atoms with Crippen molar-refractivity contribution in [3.05, 3.63) is 58.4 Å². The Morgan fingerprint density at radius 3 is 2.68 bits per heavy atom. The van der Waals surface area contributed by atoms with E-state index in [9.17, 15) is 4.79 Å². The van der Waals surface area contributed by atoms with Crippen molar-refractivity contribution in [3.63, 3.8) is 0 Å². The van der Waals surface area contributed by atoms with E-state index >= 15 is 0 Å². The Morgan fingerprint density at radius 1 is 1.18 bits per heavy atom. The summed E-state index contributed by atoms with van der Waals surface area (Å²) in [7, 11) is 3.06. The zero-order chi connectivity index (χ0) is 23.8. The number of hydrogen-bond donors (Lipinski definition) is 1. The van der Waals surface area contributed by atoms with Crippen LogP contribution in [0.4, 0.5) is 0 Å². The van der Waals surface area contributed by atoms with Crippen LogP contribution in [0.2, 0.25) is 0 Å². The molecule has 4 aromatic rings. The van der Waals surface area contributed by atoms with E-state index in [1.165, 1.54) is 31.8 Å². The van der Waals surface area contributed by atoms with E-state index < -0.39 is 0 Å². The van der Waals surface area contributed by atoms with Crippen molar-refractivity contribution < 1.29 is 23.7 Å². The quantitative estimate of drug-likeness (QED) is 0.329. The molecule has 1 N–H and O–H groups in total. The highest BCUT2D eigenvalue weighted by Gasteiger charge is 2.27. The number of nitrogens with zero attached hydrogens (tertiary/aromatic N) is 3. The van der Waals surface area contributed by atoms with Gasteiger partial charge in [-0.15, -0.1) is 11.3 Å². The molecule has 1 aromatic carbocycles. The number of thiophene rings is 1. The number of hydrazone groups is 1. The second-order valence-corrected chi connectivity index (χ2v) is 8.60. The van der Waals surface area contributed by atoms with Crippen molar-refractivity contribution in [2.45, 2.75) is 13.8 Å². The van der Waals surface area contributed by atoms with Crippen LogP contribution in [0.1, 0.15) is 26.5 Å². The van der Waals surface area contributed by atoms with E-state index in [1.807, 2.05) is 49.0 Å². The topological polar surface area (TPSA) is 96.2 Å². The van der Waals surface area contributed by atoms with Gasteiger partial charge >= 0.3 is 0 Å². The second kappa shape index (κ2) is 8.71. The van der Waals surface area contributed by atoms with Crippen LogP contribution >= 0.6 is 11.3 Å². The number of aromatic nitrogens is 2. The lowest BCUT2D eigenvalue weighted by molar-refractivity contribution is 0.0959. The van der Waals surface area contributed by atoms with Gasteiger partial charge in [-0.25, -0.2) is 10.4 Å². The van der Waals surface area contributed by atoms with Crippen LogP contribution in [0.3, 0.4) is 0 Å². The molecule has 0 atom stereocenters. The summed E-state index contributed by atoms with van der Waals surface area (Å²) in [4.78, 5) is 19.2. The van der Waals surface area contributed by atoms with Gasteiger partial charge in [0.15, 0.2) is 11.5 Å². The molecule has 9 nitrogen and oxygen atoms in total. The second-order valence-electron chi connectivity index (χ2n) is 7.60.